The Morgan fingerprint density at radius 1 is 1.47 bits per heavy atom. The molecule has 1 aliphatic carbocycles. The van der Waals surface area contributed by atoms with Crippen LogP contribution in [0.2, 0.25) is 0 Å². The second kappa shape index (κ2) is 4.04. The molecule has 0 aliphatic heterocycles. The molecule has 15 heavy (non-hydrogen) atoms. The fraction of sp³-hybridized carbons (Fsp3) is 0.636. The zero-order valence-electron chi connectivity index (χ0n) is 9.54. The van der Waals surface area contributed by atoms with Crippen LogP contribution in [0.1, 0.15) is 25.3 Å². The van der Waals surface area contributed by atoms with Crippen molar-refractivity contribution in [3.05, 3.63) is 11.8 Å². The molecule has 4 heteroatoms. The fourth-order valence-corrected chi connectivity index (χ4v) is 1.64. The maximum absolute atomic E-state index is 4.41. The van der Waals surface area contributed by atoms with Crippen molar-refractivity contribution in [1.29, 1.82) is 0 Å². The summed E-state index contributed by atoms with van der Waals surface area (Å²) in [7, 11) is 1.83. The number of hydrogen-bond acceptors (Lipinski definition) is 4. The van der Waals surface area contributed by atoms with Gasteiger partial charge in [-0.15, -0.1) is 0 Å². The number of anilines is 2. The Labute approximate surface area is 90.5 Å². The Balaban J connectivity index is 2.11. The minimum absolute atomic E-state index is 0.517. The van der Waals surface area contributed by atoms with E-state index in [-0.39, 0.29) is 0 Å². The summed E-state index contributed by atoms with van der Waals surface area (Å²) in [5.74, 6) is 2.46. The topological polar surface area (TPSA) is 49.8 Å². The first-order chi connectivity index (χ1) is 7.20. The van der Waals surface area contributed by atoms with Crippen molar-refractivity contribution >= 4 is 11.8 Å². The Hall–Kier alpha value is -1.32. The second-order valence-corrected chi connectivity index (χ2v) is 4.25. The molecule has 0 bridgehead atoms. The van der Waals surface area contributed by atoms with Crippen LogP contribution >= 0.6 is 0 Å². The second-order valence-electron chi connectivity index (χ2n) is 4.25. The van der Waals surface area contributed by atoms with Crippen LogP contribution in [0, 0.1) is 12.8 Å². The first-order valence-corrected chi connectivity index (χ1v) is 5.48. The molecule has 0 spiro atoms. The molecule has 82 valence electrons. The van der Waals surface area contributed by atoms with E-state index in [0.717, 1.165) is 17.3 Å². The van der Waals surface area contributed by atoms with Crippen LogP contribution < -0.4 is 10.6 Å². The van der Waals surface area contributed by atoms with Crippen LogP contribution in [-0.4, -0.2) is 23.1 Å². The largest absolute Gasteiger partial charge is 0.367 e. The normalized spacial score (nSPS) is 17.3. The smallest absolute Gasteiger partial charge is 0.224 e. The predicted octanol–water partition coefficient (Wildman–Crippen LogP) is 2.04. The van der Waals surface area contributed by atoms with E-state index in [2.05, 4.69) is 27.5 Å². The third kappa shape index (κ3) is 2.37. The van der Waals surface area contributed by atoms with Crippen LogP contribution in [0.25, 0.3) is 0 Å². The summed E-state index contributed by atoms with van der Waals surface area (Å²) in [6.07, 6.45) is 4.54. The molecule has 1 saturated carbocycles. The van der Waals surface area contributed by atoms with E-state index in [1.807, 2.05) is 20.2 Å². The van der Waals surface area contributed by atoms with E-state index in [0.29, 0.717) is 12.0 Å². The van der Waals surface area contributed by atoms with Gasteiger partial charge in [-0.2, -0.15) is 4.98 Å². The lowest BCUT2D eigenvalue weighted by atomic mass is 10.2. The zero-order chi connectivity index (χ0) is 10.8. The van der Waals surface area contributed by atoms with E-state index in [1.54, 1.807) is 0 Å². The molecule has 1 heterocycles. The van der Waals surface area contributed by atoms with E-state index in [4.69, 9.17) is 0 Å². The summed E-state index contributed by atoms with van der Waals surface area (Å²) in [5.41, 5.74) is 1.10. The summed E-state index contributed by atoms with van der Waals surface area (Å²) in [6, 6.07) is 0.517. The lowest BCUT2D eigenvalue weighted by Crippen LogP contribution is -2.19. The standard InChI is InChI=1S/C11H18N4/c1-7-6-13-11(12-3)15-10(7)14-8(2)9-4-5-9/h6,8-9H,4-5H2,1-3H3,(H2,12,13,14,15). The van der Waals surface area contributed by atoms with Gasteiger partial charge in [0.25, 0.3) is 0 Å². The Morgan fingerprint density at radius 3 is 2.80 bits per heavy atom. The average molecular weight is 206 g/mol. The van der Waals surface area contributed by atoms with Crippen LogP contribution in [0.4, 0.5) is 11.8 Å². The predicted molar refractivity (Wildman–Crippen MR) is 62.1 cm³/mol. The quantitative estimate of drug-likeness (QED) is 0.791. The summed E-state index contributed by atoms with van der Waals surface area (Å²) in [6.45, 7) is 4.25. The summed E-state index contributed by atoms with van der Waals surface area (Å²) < 4.78 is 0. The van der Waals surface area contributed by atoms with Gasteiger partial charge in [0, 0.05) is 24.8 Å². The highest BCUT2D eigenvalue weighted by molar-refractivity contribution is 5.47. The third-order valence-corrected chi connectivity index (χ3v) is 2.89. The van der Waals surface area contributed by atoms with Gasteiger partial charge in [-0.3, -0.25) is 0 Å². The van der Waals surface area contributed by atoms with E-state index < -0.39 is 0 Å². The number of rotatable bonds is 4. The number of nitrogens with zero attached hydrogens (tertiary/aromatic N) is 2. The van der Waals surface area contributed by atoms with Crippen molar-refractivity contribution in [3.63, 3.8) is 0 Å². The minimum atomic E-state index is 0.517. The molecule has 1 aromatic heterocycles. The Morgan fingerprint density at radius 2 is 2.20 bits per heavy atom. The molecular weight excluding hydrogens is 188 g/mol. The van der Waals surface area contributed by atoms with E-state index in [1.165, 1.54) is 12.8 Å². The average Bonchev–Trinajstić information content (AvgIpc) is 3.04. The van der Waals surface area contributed by atoms with Gasteiger partial charge >= 0.3 is 0 Å². The highest BCUT2D eigenvalue weighted by Crippen LogP contribution is 2.34. The van der Waals surface area contributed by atoms with Crippen molar-refractivity contribution in [2.24, 2.45) is 5.92 Å². The van der Waals surface area contributed by atoms with Crippen molar-refractivity contribution in [2.45, 2.75) is 32.7 Å². The fourth-order valence-electron chi connectivity index (χ4n) is 1.64. The van der Waals surface area contributed by atoms with Gasteiger partial charge in [-0.1, -0.05) is 0 Å². The van der Waals surface area contributed by atoms with E-state index >= 15 is 0 Å². The Kier molecular flexibility index (Phi) is 2.75. The summed E-state index contributed by atoms with van der Waals surface area (Å²) in [4.78, 5) is 8.57. The highest BCUT2D eigenvalue weighted by atomic mass is 15.1. The van der Waals surface area contributed by atoms with Crippen molar-refractivity contribution in [2.75, 3.05) is 17.7 Å². The highest BCUT2D eigenvalue weighted by Gasteiger charge is 2.28. The van der Waals surface area contributed by atoms with Gasteiger partial charge in [0.1, 0.15) is 5.82 Å². The molecule has 1 fully saturated rings. The van der Waals surface area contributed by atoms with Gasteiger partial charge < -0.3 is 10.6 Å². The molecule has 0 radical (unpaired) electrons. The van der Waals surface area contributed by atoms with Crippen LogP contribution in [0.3, 0.4) is 0 Å². The molecule has 2 rings (SSSR count). The first-order valence-electron chi connectivity index (χ1n) is 5.48. The number of aromatic nitrogens is 2. The molecule has 1 atom stereocenters. The van der Waals surface area contributed by atoms with Gasteiger partial charge in [-0.25, -0.2) is 4.98 Å². The Bertz CT molecular complexity index is 346. The number of nitrogens with one attached hydrogen (secondary N) is 2. The lowest BCUT2D eigenvalue weighted by molar-refractivity contribution is 0.689. The third-order valence-electron chi connectivity index (χ3n) is 2.89. The van der Waals surface area contributed by atoms with Crippen LogP contribution in [-0.2, 0) is 0 Å². The van der Waals surface area contributed by atoms with Crippen LogP contribution in [0.5, 0.6) is 0 Å². The molecule has 1 unspecified atom stereocenters. The molecular formula is C11H18N4. The van der Waals surface area contributed by atoms with Gasteiger partial charge in [0.2, 0.25) is 5.95 Å². The zero-order valence-corrected chi connectivity index (χ0v) is 9.54. The molecule has 1 aromatic rings. The number of hydrogen-bond donors (Lipinski definition) is 2. The van der Waals surface area contributed by atoms with Crippen LogP contribution in [0.15, 0.2) is 6.20 Å². The van der Waals surface area contributed by atoms with Gasteiger partial charge in [-0.05, 0) is 32.6 Å². The molecule has 4 nitrogen and oxygen atoms in total. The summed E-state index contributed by atoms with van der Waals surface area (Å²) >= 11 is 0. The van der Waals surface area contributed by atoms with Crippen molar-refractivity contribution < 1.29 is 0 Å². The molecule has 0 aromatic carbocycles. The van der Waals surface area contributed by atoms with Crippen molar-refractivity contribution in [1.82, 2.24) is 9.97 Å². The van der Waals surface area contributed by atoms with Gasteiger partial charge in [0.05, 0.1) is 0 Å². The maximum Gasteiger partial charge on any atom is 0.224 e. The van der Waals surface area contributed by atoms with Crippen molar-refractivity contribution in [3.8, 4) is 0 Å². The SMILES string of the molecule is CNc1ncc(C)c(NC(C)C2CC2)n1. The van der Waals surface area contributed by atoms with E-state index in [9.17, 15) is 0 Å². The summed E-state index contributed by atoms with van der Waals surface area (Å²) in [5, 5.41) is 6.41. The van der Waals surface area contributed by atoms with Gasteiger partial charge in [0.15, 0.2) is 0 Å². The molecule has 0 saturated heterocycles. The molecule has 2 N–H and O–H groups in total. The lowest BCUT2D eigenvalue weighted by Gasteiger charge is -2.15. The number of aryl methyl sites for hydroxylation is 1. The maximum atomic E-state index is 4.41. The molecule has 0 amide bonds. The molecule has 1 aliphatic rings. The first kappa shape index (κ1) is 10.2. The monoisotopic (exact) mass is 206 g/mol. The minimum Gasteiger partial charge on any atom is -0.367 e.